The average molecular weight is 668 g/mol. The molecule has 5 rings (SSSR count). The number of esters is 1. The molecule has 11 heteroatoms. The van der Waals surface area contributed by atoms with Crippen LogP contribution in [-0.4, -0.2) is 37.9 Å². The minimum atomic E-state index is -0.595. The molecule has 0 aliphatic heterocycles. The summed E-state index contributed by atoms with van der Waals surface area (Å²) in [6.07, 6.45) is 1.58. The van der Waals surface area contributed by atoms with Gasteiger partial charge in [0.1, 0.15) is 33.3 Å². The largest absolute Gasteiger partial charge is 0.497 e. The van der Waals surface area contributed by atoms with E-state index >= 15 is 0 Å². The lowest BCUT2D eigenvalue weighted by Crippen LogP contribution is -2.24. The molecule has 2 aromatic heterocycles. The minimum absolute atomic E-state index is 0.0252. The fraction of sp³-hybridized carbons (Fsp3) is 0.267. The molecule has 0 fully saturated rings. The van der Waals surface area contributed by atoms with Gasteiger partial charge in [-0.05, 0) is 97.5 Å². The van der Waals surface area contributed by atoms with Gasteiger partial charge in [-0.25, -0.2) is 4.68 Å². The molecule has 212 valence electrons. The maximum Gasteiger partial charge on any atom is 0.313 e. The van der Waals surface area contributed by atoms with Crippen molar-refractivity contribution in [3.63, 3.8) is 0 Å². The molecule has 0 radical (unpaired) electrons. The van der Waals surface area contributed by atoms with Crippen molar-refractivity contribution in [3.05, 3.63) is 87.9 Å². The Morgan fingerprint density at radius 3 is 2.34 bits per heavy atom. The number of hydrogen-bond acceptors (Lipinski definition) is 8. The summed E-state index contributed by atoms with van der Waals surface area (Å²) in [4.78, 5) is 12.1. The number of halogens is 1. The van der Waals surface area contributed by atoms with E-state index in [1.165, 1.54) is 4.68 Å². The fourth-order valence-electron chi connectivity index (χ4n) is 3.99. The summed E-state index contributed by atoms with van der Waals surface area (Å²) in [5, 5.41) is 13.6. The van der Waals surface area contributed by atoms with Gasteiger partial charge in [-0.3, -0.25) is 9.48 Å². The molecule has 0 N–H and O–H groups in total. The summed E-state index contributed by atoms with van der Waals surface area (Å²) in [6.45, 7) is 6.21. The zero-order valence-electron chi connectivity index (χ0n) is 23.2. The van der Waals surface area contributed by atoms with Crippen LogP contribution in [0.2, 0.25) is 0 Å². The number of fused-ring (bicyclic) bond motifs is 1. The minimum Gasteiger partial charge on any atom is -0.497 e. The zero-order valence-corrected chi connectivity index (χ0v) is 25.4. The number of hydrogen-bond donors (Lipinski definition) is 0. The van der Waals surface area contributed by atoms with Crippen molar-refractivity contribution in [2.24, 2.45) is 5.41 Å². The Kier molecular flexibility index (Phi) is 8.43. The average Bonchev–Trinajstić information content (AvgIpc) is 3.55. The third-order valence-electron chi connectivity index (χ3n) is 6.25. The highest BCUT2D eigenvalue weighted by Gasteiger charge is 2.23. The Hall–Kier alpha value is -4.13. The molecule has 10 nitrogen and oxygen atoms in total. The molecule has 0 atom stereocenters. The molecule has 5 aromatic rings. The van der Waals surface area contributed by atoms with Gasteiger partial charge in [0.2, 0.25) is 0 Å². The molecule has 2 heterocycles. The van der Waals surface area contributed by atoms with Crippen molar-refractivity contribution in [1.29, 1.82) is 0 Å². The van der Waals surface area contributed by atoms with Gasteiger partial charge in [0.25, 0.3) is 0 Å². The van der Waals surface area contributed by atoms with Crippen LogP contribution >= 0.6 is 22.6 Å². The predicted octanol–water partition coefficient (Wildman–Crippen LogP) is 6.21. The van der Waals surface area contributed by atoms with Crippen LogP contribution in [0.15, 0.2) is 72.9 Å². The first-order chi connectivity index (χ1) is 19.7. The fourth-order valence-corrected chi connectivity index (χ4v) is 4.79. The van der Waals surface area contributed by atoms with E-state index in [0.717, 1.165) is 31.7 Å². The van der Waals surface area contributed by atoms with Crippen molar-refractivity contribution in [3.8, 4) is 23.0 Å². The van der Waals surface area contributed by atoms with Crippen LogP contribution in [0.25, 0.3) is 10.9 Å². The first-order valence-electron chi connectivity index (χ1n) is 12.9. The molecular weight excluding hydrogens is 637 g/mol. The molecule has 0 unspecified atom stereocenters. The lowest BCUT2D eigenvalue weighted by atomic mass is 9.98. The summed E-state index contributed by atoms with van der Waals surface area (Å²) in [6, 6.07) is 21.3. The maximum absolute atomic E-state index is 12.1. The first-order valence-corrected chi connectivity index (χ1v) is 14.0. The van der Waals surface area contributed by atoms with E-state index in [1.54, 1.807) is 34.1 Å². The van der Waals surface area contributed by atoms with E-state index in [2.05, 4.69) is 32.9 Å². The van der Waals surface area contributed by atoms with E-state index in [0.29, 0.717) is 23.7 Å². The van der Waals surface area contributed by atoms with Crippen molar-refractivity contribution in [2.75, 3.05) is 7.11 Å². The molecule has 0 bridgehead atoms. The molecule has 0 aliphatic rings. The SMILES string of the molecule is COc1ccc(Cn2nc(I)c3c(Oc4ccc(OCc5cnnn5COC(=O)C(C)(C)C)cc4)cccc32)cc1. The predicted molar refractivity (Wildman–Crippen MR) is 161 cm³/mol. The summed E-state index contributed by atoms with van der Waals surface area (Å²) in [5.74, 6) is 2.55. The highest BCUT2D eigenvalue weighted by Crippen LogP contribution is 2.34. The monoisotopic (exact) mass is 667 g/mol. The topological polar surface area (TPSA) is 103 Å². The number of aromatic nitrogens is 5. The standard InChI is InChI=1S/C30H30IN5O5/c1-30(2,3)29(37)40-19-36-21(16-32-34-36)18-39-23-12-14-24(15-13-23)41-26-7-5-6-25-27(26)28(31)33-35(25)17-20-8-10-22(38-4)11-9-20/h5-16H,17-19H2,1-4H3. The molecule has 3 aromatic carbocycles. The Labute approximate surface area is 251 Å². The van der Waals surface area contributed by atoms with Gasteiger partial charge < -0.3 is 18.9 Å². The number of carbonyl (C=O) groups excluding carboxylic acids is 1. The van der Waals surface area contributed by atoms with Gasteiger partial charge in [-0.15, -0.1) is 5.10 Å². The Balaban J connectivity index is 1.23. The van der Waals surface area contributed by atoms with Gasteiger partial charge >= 0.3 is 5.97 Å². The quantitative estimate of drug-likeness (QED) is 0.128. The zero-order chi connectivity index (χ0) is 29.0. The maximum atomic E-state index is 12.1. The van der Waals surface area contributed by atoms with E-state index < -0.39 is 5.41 Å². The molecular formula is C30H30IN5O5. The Bertz CT molecular complexity index is 1640. The van der Waals surface area contributed by atoms with Crippen molar-refractivity contribution in [1.82, 2.24) is 24.8 Å². The summed E-state index contributed by atoms with van der Waals surface area (Å²) >= 11 is 2.25. The number of benzene rings is 3. The number of methoxy groups -OCH3 is 1. The third kappa shape index (κ3) is 6.79. The Morgan fingerprint density at radius 1 is 0.927 bits per heavy atom. The van der Waals surface area contributed by atoms with Gasteiger partial charge in [-0.2, -0.15) is 5.10 Å². The van der Waals surface area contributed by atoms with Crippen LogP contribution in [0.4, 0.5) is 0 Å². The van der Waals surface area contributed by atoms with E-state index in [4.69, 9.17) is 24.0 Å². The van der Waals surface area contributed by atoms with Crippen LogP contribution in [0.5, 0.6) is 23.0 Å². The van der Waals surface area contributed by atoms with E-state index in [9.17, 15) is 4.79 Å². The normalized spacial score (nSPS) is 11.4. The molecule has 0 saturated carbocycles. The molecule has 0 saturated heterocycles. The van der Waals surface area contributed by atoms with Crippen LogP contribution < -0.4 is 14.2 Å². The van der Waals surface area contributed by atoms with Crippen molar-refractivity contribution >= 4 is 39.5 Å². The second kappa shape index (κ2) is 12.2. The Morgan fingerprint density at radius 2 is 1.63 bits per heavy atom. The lowest BCUT2D eigenvalue weighted by Gasteiger charge is -2.17. The van der Waals surface area contributed by atoms with Crippen LogP contribution in [0.1, 0.15) is 32.0 Å². The number of rotatable bonds is 10. The van der Waals surface area contributed by atoms with Gasteiger partial charge in [0.05, 0.1) is 41.9 Å². The van der Waals surface area contributed by atoms with Gasteiger partial charge in [-0.1, -0.05) is 23.4 Å². The molecule has 0 amide bonds. The number of nitrogens with zero attached hydrogens (tertiary/aromatic N) is 5. The molecule has 41 heavy (non-hydrogen) atoms. The highest BCUT2D eigenvalue weighted by atomic mass is 127. The van der Waals surface area contributed by atoms with E-state index in [-0.39, 0.29) is 19.3 Å². The van der Waals surface area contributed by atoms with E-state index in [1.807, 2.05) is 71.4 Å². The molecule has 0 spiro atoms. The highest BCUT2D eigenvalue weighted by molar-refractivity contribution is 14.1. The third-order valence-corrected chi connectivity index (χ3v) is 7.01. The second-order valence-electron chi connectivity index (χ2n) is 10.3. The molecule has 0 aliphatic carbocycles. The van der Waals surface area contributed by atoms with Crippen molar-refractivity contribution in [2.45, 2.75) is 40.7 Å². The van der Waals surface area contributed by atoms with Crippen LogP contribution in [0, 0.1) is 9.12 Å². The number of carbonyl (C=O) groups is 1. The van der Waals surface area contributed by atoms with Crippen LogP contribution in [0.3, 0.4) is 0 Å². The van der Waals surface area contributed by atoms with Gasteiger partial charge in [0.15, 0.2) is 6.73 Å². The second-order valence-corrected chi connectivity index (χ2v) is 11.4. The summed E-state index contributed by atoms with van der Waals surface area (Å²) in [7, 11) is 1.66. The number of ether oxygens (including phenoxy) is 4. The van der Waals surface area contributed by atoms with Crippen molar-refractivity contribution < 1.29 is 23.7 Å². The summed E-state index contributed by atoms with van der Waals surface area (Å²) < 4.78 is 27.1. The first kappa shape index (κ1) is 28.4. The van der Waals surface area contributed by atoms with Crippen LogP contribution in [-0.2, 0) is 29.4 Å². The summed E-state index contributed by atoms with van der Waals surface area (Å²) in [5.41, 5.74) is 2.20. The van der Waals surface area contributed by atoms with Gasteiger partial charge in [0, 0.05) is 0 Å². The smallest absolute Gasteiger partial charge is 0.313 e. The lowest BCUT2D eigenvalue weighted by molar-refractivity contribution is -0.157.